The minimum absolute atomic E-state index is 0.239. The van der Waals surface area contributed by atoms with Crippen molar-refractivity contribution in [2.24, 2.45) is 11.8 Å². The number of nitrogens with zero attached hydrogens (tertiary/aromatic N) is 2. The van der Waals surface area contributed by atoms with E-state index in [1.54, 1.807) is 31.4 Å². The van der Waals surface area contributed by atoms with Crippen LogP contribution in [-0.2, 0) is 5.75 Å². The van der Waals surface area contributed by atoms with E-state index in [0.29, 0.717) is 51.1 Å². The van der Waals surface area contributed by atoms with Crippen LogP contribution in [0.4, 0.5) is 4.39 Å². The molecule has 1 heterocycles. The van der Waals surface area contributed by atoms with Crippen molar-refractivity contribution in [3.8, 4) is 17.2 Å². The summed E-state index contributed by atoms with van der Waals surface area (Å²) in [5, 5.41) is 0.864. The number of benzene rings is 2. The van der Waals surface area contributed by atoms with Gasteiger partial charge in [0.25, 0.3) is 5.56 Å². The maximum absolute atomic E-state index is 14.0. The quantitative estimate of drug-likeness (QED) is 0.292. The van der Waals surface area contributed by atoms with Crippen molar-refractivity contribution < 1.29 is 13.9 Å². The molecule has 168 valence electrons. The summed E-state index contributed by atoms with van der Waals surface area (Å²) in [5.74, 6) is 2.46. The van der Waals surface area contributed by atoms with Crippen LogP contribution in [0.1, 0.15) is 25.3 Å². The SMILES string of the molecule is COc1cc(-n2cnc(SCc3ccc(Cl)cc3F)cc2=O)ccc1OCC(C)C1CC1. The van der Waals surface area contributed by atoms with E-state index in [0.717, 1.165) is 5.92 Å². The molecule has 1 aliphatic rings. The van der Waals surface area contributed by atoms with E-state index >= 15 is 0 Å². The summed E-state index contributed by atoms with van der Waals surface area (Å²) in [6, 6.07) is 11.4. The van der Waals surface area contributed by atoms with E-state index < -0.39 is 0 Å². The first-order valence-corrected chi connectivity index (χ1v) is 11.8. The molecule has 1 aliphatic carbocycles. The molecule has 0 amide bonds. The van der Waals surface area contributed by atoms with Gasteiger partial charge in [-0.25, -0.2) is 9.37 Å². The Hall–Kier alpha value is -2.51. The summed E-state index contributed by atoms with van der Waals surface area (Å²) in [7, 11) is 1.58. The monoisotopic (exact) mass is 474 g/mol. The van der Waals surface area contributed by atoms with Gasteiger partial charge >= 0.3 is 0 Å². The molecule has 2 aromatic carbocycles. The second-order valence-corrected chi connectivity index (χ2v) is 9.35. The van der Waals surface area contributed by atoms with Crippen molar-refractivity contribution in [3.05, 3.63) is 75.5 Å². The molecule has 1 atom stereocenters. The molecule has 1 aromatic heterocycles. The van der Waals surface area contributed by atoms with Gasteiger partial charge in [-0.1, -0.05) is 24.6 Å². The fourth-order valence-corrected chi connectivity index (χ4v) is 4.40. The van der Waals surface area contributed by atoms with E-state index in [2.05, 4.69) is 11.9 Å². The molecule has 1 saturated carbocycles. The highest BCUT2D eigenvalue weighted by Gasteiger charge is 2.28. The molecule has 0 N–H and O–H groups in total. The molecule has 32 heavy (non-hydrogen) atoms. The van der Waals surface area contributed by atoms with E-state index in [1.165, 1.54) is 47.6 Å². The molecule has 0 aliphatic heterocycles. The summed E-state index contributed by atoms with van der Waals surface area (Å²) in [5.41, 5.74) is 0.890. The smallest absolute Gasteiger partial charge is 0.258 e. The van der Waals surface area contributed by atoms with Gasteiger partial charge in [-0.2, -0.15) is 0 Å². The Kier molecular flexibility index (Phi) is 7.06. The fraction of sp³-hybridized carbons (Fsp3) is 0.333. The predicted molar refractivity (Wildman–Crippen MR) is 125 cm³/mol. The van der Waals surface area contributed by atoms with Crippen molar-refractivity contribution in [2.75, 3.05) is 13.7 Å². The molecule has 4 rings (SSSR count). The lowest BCUT2D eigenvalue weighted by atomic mass is 10.1. The standard InChI is InChI=1S/C24H24ClFN2O3S/c1-15(16-3-4-16)12-31-21-8-7-19(10-22(21)30-2)28-14-27-23(11-24(28)29)32-13-17-5-6-18(25)9-20(17)26/h5-11,14-16H,3-4,12-13H2,1-2H3. The van der Waals surface area contributed by atoms with Crippen LogP contribution in [0.3, 0.4) is 0 Å². The van der Waals surface area contributed by atoms with Crippen LogP contribution < -0.4 is 15.0 Å². The molecule has 1 unspecified atom stereocenters. The lowest BCUT2D eigenvalue weighted by Gasteiger charge is -2.16. The highest BCUT2D eigenvalue weighted by Crippen LogP contribution is 2.37. The number of rotatable bonds is 9. The Balaban J connectivity index is 1.46. The lowest BCUT2D eigenvalue weighted by Crippen LogP contribution is -2.18. The zero-order chi connectivity index (χ0) is 22.7. The molecule has 1 fully saturated rings. The average Bonchev–Trinajstić information content (AvgIpc) is 3.62. The Bertz CT molecular complexity index is 1170. The lowest BCUT2D eigenvalue weighted by molar-refractivity contribution is 0.234. The van der Waals surface area contributed by atoms with Gasteiger partial charge in [-0.3, -0.25) is 9.36 Å². The van der Waals surface area contributed by atoms with Gasteiger partial charge in [0.2, 0.25) is 0 Å². The van der Waals surface area contributed by atoms with Crippen molar-refractivity contribution in [1.82, 2.24) is 9.55 Å². The van der Waals surface area contributed by atoms with E-state index in [-0.39, 0.29) is 11.4 Å². The largest absolute Gasteiger partial charge is 0.493 e. The molecule has 8 heteroatoms. The summed E-state index contributed by atoms with van der Waals surface area (Å²) in [4.78, 5) is 17.0. The molecule has 0 bridgehead atoms. The maximum atomic E-state index is 14.0. The van der Waals surface area contributed by atoms with Crippen LogP contribution in [-0.4, -0.2) is 23.3 Å². The third kappa shape index (κ3) is 5.45. The Morgan fingerprint density at radius 3 is 2.72 bits per heavy atom. The molecule has 0 radical (unpaired) electrons. The van der Waals surface area contributed by atoms with Gasteiger partial charge < -0.3 is 9.47 Å². The maximum Gasteiger partial charge on any atom is 0.258 e. The van der Waals surface area contributed by atoms with E-state index in [1.807, 2.05) is 6.07 Å². The summed E-state index contributed by atoms with van der Waals surface area (Å²) >= 11 is 7.07. The Labute approximate surface area is 195 Å². The van der Waals surface area contributed by atoms with E-state index in [4.69, 9.17) is 21.1 Å². The topological polar surface area (TPSA) is 53.4 Å². The Morgan fingerprint density at radius 1 is 1.22 bits per heavy atom. The molecular formula is C24H24ClFN2O3S. The third-order valence-corrected chi connectivity index (χ3v) is 6.74. The van der Waals surface area contributed by atoms with E-state index in [9.17, 15) is 9.18 Å². The highest BCUT2D eigenvalue weighted by atomic mass is 35.5. The van der Waals surface area contributed by atoms with Crippen LogP contribution in [0.5, 0.6) is 11.5 Å². The van der Waals surface area contributed by atoms with Crippen LogP contribution in [0, 0.1) is 17.7 Å². The highest BCUT2D eigenvalue weighted by molar-refractivity contribution is 7.98. The van der Waals surface area contributed by atoms with Crippen LogP contribution in [0.25, 0.3) is 5.69 Å². The minimum Gasteiger partial charge on any atom is -0.493 e. The van der Waals surface area contributed by atoms with Gasteiger partial charge in [-0.05, 0) is 54.5 Å². The number of methoxy groups -OCH3 is 1. The molecule has 0 spiro atoms. The third-order valence-electron chi connectivity index (χ3n) is 5.53. The average molecular weight is 475 g/mol. The van der Waals surface area contributed by atoms with Gasteiger partial charge in [-0.15, -0.1) is 11.8 Å². The van der Waals surface area contributed by atoms with Crippen molar-refractivity contribution in [1.29, 1.82) is 0 Å². The van der Waals surface area contributed by atoms with Gasteiger partial charge in [0.05, 0.1) is 19.4 Å². The minimum atomic E-state index is -0.376. The van der Waals surface area contributed by atoms with Crippen molar-refractivity contribution in [3.63, 3.8) is 0 Å². The number of ether oxygens (including phenoxy) is 2. The number of aromatic nitrogens is 2. The van der Waals surface area contributed by atoms with Crippen molar-refractivity contribution >= 4 is 23.4 Å². The number of thioether (sulfide) groups is 1. The predicted octanol–water partition coefficient (Wildman–Crippen LogP) is 5.75. The van der Waals surface area contributed by atoms with Gasteiger partial charge in [0, 0.05) is 22.9 Å². The molecule has 5 nitrogen and oxygen atoms in total. The number of hydrogen-bond donors (Lipinski definition) is 0. The first kappa shape index (κ1) is 22.7. The summed E-state index contributed by atoms with van der Waals surface area (Å²) in [6.07, 6.45) is 4.02. The first-order valence-electron chi connectivity index (χ1n) is 10.4. The Morgan fingerprint density at radius 2 is 2.03 bits per heavy atom. The van der Waals surface area contributed by atoms with Crippen LogP contribution in [0.15, 0.2) is 58.6 Å². The second kappa shape index (κ2) is 9.96. The van der Waals surface area contributed by atoms with Gasteiger partial charge in [0.15, 0.2) is 11.5 Å². The molecular weight excluding hydrogens is 451 g/mol. The summed E-state index contributed by atoms with van der Waals surface area (Å²) < 4.78 is 26.8. The van der Waals surface area contributed by atoms with Crippen LogP contribution in [0.2, 0.25) is 5.02 Å². The first-order chi connectivity index (χ1) is 15.4. The number of hydrogen-bond acceptors (Lipinski definition) is 5. The second-order valence-electron chi connectivity index (χ2n) is 7.92. The zero-order valence-electron chi connectivity index (χ0n) is 17.9. The molecule has 3 aromatic rings. The number of halogens is 2. The van der Waals surface area contributed by atoms with Crippen molar-refractivity contribution in [2.45, 2.75) is 30.5 Å². The summed E-state index contributed by atoms with van der Waals surface area (Å²) in [6.45, 7) is 2.84. The van der Waals surface area contributed by atoms with Crippen LogP contribution >= 0.6 is 23.4 Å². The fourth-order valence-electron chi connectivity index (χ4n) is 3.40. The zero-order valence-corrected chi connectivity index (χ0v) is 19.5. The normalized spacial score (nSPS) is 14.2. The molecule has 0 saturated heterocycles. The van der Waals surface area contributed by atoms with Gasteiger partial charge in [0.1, 0.15) is 17.2 Å².